The number of aliphatic hydroxyl groups excluding tert-OH is 1. The van der Waals surface area contributed by atoms with Crippen LogP contribution in [-0.2, 0) is 16.0 Å². The minimum Gasteiger partial charge on any atom is -0.512 e. The second kappa shape index (κ2) is 9.23. The first-order chi connectivity index (χ1) is 15.8. The van der Waals surface area contributed by atoms with Crippen LogP contribution in [0.25, 0.3) is 5.57 Å². The molecular weight excluding hydrogens is 412 g/mol. The van der Waals surface area contributed by atoms with Crippen molar-refractivity contribution in [1.29, 1.82) is 0 Å². The van der Waals surface area contributed by atoms with Crippen molar-refractivity contribution >= 4 is 17.3 Å². The molecule has 2 aliphatic rings. The van der Waals surface area contributed by atoms with Crippen LogP contribution in [0.3, 0.4) is 0 Å². The van der Waals surface area contributed by atoms with Crippen molar-refractivity contribution in [2.24, 2.45) is 5.41 Å². The maximum atomic E-state index is 13.3. The van der Waals surface area contributed by atoms with Gasteiger partial charge in [-0.1, -0.05) is 12.0 Å². The molecule has 1 aliphatic carbocycles. The first kappa shape index (κ1) is 22.8. The van der Waals surface area contributed by atoms with Gasteiger partial charge in [-0.25, -0.2) is 0 Å². The van der Waals surface area contributed by atoms with Gasteiger partial charge in [-0.05, 0) is 80.0 Å². The molecule has 1 saturated heterocycles. The highest BCUT2D eigenvalue weighted by atomic mass is 16.3. The van der Waals surface area contributed by atoms with Crippen LogP contribution < -0.4 is 0 Å². The third kappa shape index (κ3) is 4.71. The molecule has 1 aliphatic heterocycles. The average molecular weight is 443 g/mol. The van der Waals surface area contributed by atoms with Crippen LogP contribution >= 0.6 is 0 Å². The Hall–Kier alpha value is -3.39. The van der Waals surface area contributed by atoms with Crippen LogP contribution in [0, 0.1) is 31.1 Å². The van der Waals surface area contributed by atoms with Crippen molar-refractivity contribution in [2.45, 2.75) is 52.9 Å². The van der Waals surface area contributed by atoms with Crippen LogP contribution in [-0.4, -0.2) is 39.8 Å². The van der Waals surface area contributed by atoms with Gasteiger partial charge in [0.25, 0.3) is 0 Å². The summed E-state index contributed by atoms with van der Waals surface area (Å²) < 4.78 is 0. The number of benzene rings is 1. The van der Waals surface area contributed by atoms with E-state index in [-0.39, 0.29) is 22.9 Å². The van der Waals surface area contributed by atoms with E-state index in [0.717, 1.165) is 27.9 Å². The fourth-order valence-corrected chi connectivity index (χ4v) is 5.31. The van der Waals surface area contributed by atoms with Gasteiger partial charge >= 0.3 is 0 Å². The van der Waals surface area contributed by atoms with E-state index in [9.17, 15) is 14.7 Å². The number of aliphatic hydroxyl groups is 1. The Kier molecular flexibility index (Phi) is 6.37. The van der Waals surface area contributed by atoms with E-state index < -0.39 is 0 Å². The van der Waals surface area contributed by atoms with Crippen LogP contribution in [0.1, 0.15) is 60.6 Å². The van der Waals surface area contributed by atoms with Crippen LogP contribution in [0.5, 0.6) is 0 Å². The zero-order chi connectivity index (χ0) is 23.6. The van der Waals surface area contributed by atoms with Gasteiger partial charge < -0.3 is 10.0 Å². The molecule has 1 fully saturated rings. The number of allylic oxidation sites excluding steroid dienone is 2. The Balaban J connectivity index is 1.50. The maximum Gasteiger partial charge on any atom is 0.228 e. The SMILES string of the molecule is CC#Cc1cc(C)c(C2=C(O)CC3(CCN(C(=O)Cc4ccccn4)CC3)CC2=O)c(C)c1. The zero-order valence-corrected chi connectivity index (χ0v) is 19.6. The van der Waals surface area contributed by atoms with E-state index in [1.807, 2.05) is 49.1 Å². The number of likely N-dealkylation sites (tertiary alicyclic amines) is 1. The number of pyridine rings is 1. The van der Waals surface area contributed by atoms with Crippen molar-refractivity contribution in [2.75, 3.05) is 13.1 Å². The van der Waals surface area contributed by atoms with Gasteiger partial charge in [-0.3, -0.25) is 14.6 Å². The minimum absolute atomic E-state index is 0.00691. The molecule has 5 heteroatoms. The highest BCUT2D eigenvalue weighted by Gasteiger charge is 2.43. The van der Waals surface area contributed by atoms with Crippen molar-refractivity contribution in [1.82, 2.24) is 9.88 Å². The highest BCUT2D eigenvalue weighted by molar-refractivity contribution is 6.23. The van der Waals surface area contributed by atoms with Crippen LogP contribution in [0.2, 0.25) is 0 Å². The van der Waals surface area contributed by atoms with Crippen molar-refractivity contribution in [3.05, 3.63) is 70.2 Å². The maximum absolute atomic E-state index is 13.3. The third-order valence-electron chi connectivity index (χ3n) is 6.93. The molecule has 33 heavy (non-hydrogen) atoms. The summed E-state index contributed by atoms with van der Waals surface area (Å²) in [6.07, 6.45) is 4.30. The highest BCUT2D eigenvalue weighted by Crippen LogP contribution is 2.47. The number of rotatable bonds is 3. The molecule has 1 spiro atoms. The largest absolute Gasteiger partial charge is 0.512 e. The van der Waals surface area contributed by atoms with E-state index >= 15 is 0 Å². The second-order valence-electron chi connectivity index (χ2n) is 9.34. The number of carbonyl (C=O) groups excluding carboxylic acids is 2. The van der Waals surface area contributed by atoms with E-state index in [1.54, 1.807) is 13.1 Å². The predicted octanol–water partition coefficient (Wildman–Crippen LogP) is 4.55. The molecule has 1 amide bonds. The summed E-state index contributed by atoms with van der Waals surface area (Å²) in [5.41, 5.74) is 4.60. The number of carbonyl (C=O) groups is 2. The number of hydrogen-bond donors (Lipinski definition) is 1. The van der Waals surface area contributed by atoms with Crippen LogP contribution in [0.15, 0.2) is 42.3 Å². The molecule has 0 unspecified atom stereocenters. The molecule has 0 atom stereocenters. The van der Waals surface area contributed by atoms with Gasteiger partial charge in [0, 0.05) is 43.4 Å². The van der Waals surface area contributed by atoms with Gasteiger partial charge in [0.1, 0.15) is 5.76 Å². The molecule has 2 aromatic rings. The van der Waals surface area contributed by atoms with E-state index in [0.29, 0.717) is 50.8 Å². The van der Waals surface area contributed by atoms with Crippen molar-refractivity contribution in [3.63, 3.8) is 0 Å². The Bertz CT molecular complexity index is 1150. The number of ketones is 1. The monoisotopic (exact) mass is 442 g/mol. The average Bonchev–Trinajstić information content (AvgIpc) is 2.76. The number of nitrogens with zero attached hydrogens (tertiary/aromatic N) is 2. The molecule has 2 heterocycles. The lowest BCUT2D eigenvalue weighted by atomic mass is 9.66. The molecule has 5 nitrogen and oxygen atoms in total. The molecule has 0 bridgehead atoms. The van der Waals surface area contributed by atoms with E-state index in [4.69, 9.17) is 0 Å². The molecule has 1 aromatic carbocycles. The summed E-state index contributed by atoms with van der Waals surface area (Å²) in [6.45, 7) is 6.93. The molecule has 1 aromatic heterocycles. The second-order valence-corrected chi connectivity index (χ2v) is 9.34. The summed E-state index contributed by atoms with van der Waals surface area (Å²) in [5, 5.41) is 11.0. The normalized spacial score (nSPS) is 17.7. The number of Topliss-reactive ketones (excluding diaryl/α,β-unsaturated/α-hetero) is 1. The fourth-order valence-electron chi connectivity index (χ4n) is 5.31. The Labute approximate surface area is 195 Å². The number of hydrogen-bond acceptors (Lipinski definition) is 4. The van der Waals surface area contributed by atoms with Crippen molar-refractivity contribution in [3.8, 4) is 11.8 Å². The van der Waals surface area contributed by atoms with Gasteiger partial charge in [-0.2, -0.15) is 0 Å². The predicted molar refractivity (Wildman–Crippen MR) is 128 cm³/mol. The standard InChI is InChI=1S/C28H30N2O3/c1-4-7-21-14-19(2)26(20(3)15-21)27-23(31)17-28(18-24(27)32)9-12-30(13-10-28)25(33)16-22-8-5-6-11-29-22/h5-6,8,11,14-15,31H,9-10,12-13,16-18H2,1-3H3. The first-order valence-electron chi connectivity index (χ1n) is 11.5. The van der Waals surface area contributed by atoms with Gasteiger partial charge in [-0.15, -0.1) is 5.92 Å². The first-order valence-corrected chi connectivity index (χ1v) is 11.5. The van der Waals surface area contributed by atoms with E-state index in [2.05, 4.69) is 16.8 Å². The minimum atomic E-state index is -0.276. The lowest BCUT2D eigenvalue weighted by molar-refractivity contribution is -0.133. The number of aromatic nitrogens is 1. The van der Waals surface area contributed by atoms with E-state index in [1.165, 1.54) is 0 Å². The van der Waals surface area contributed by atoms with Crippen LogP contribution in [0.4, 0.5) is 0 Å². The number of amides is 1. The summed E-state index contributed by atoms with van der Waals surface area (Å²) in [5.74, 6) is 6.21. The molecule has 1 N–H and O–H groups in total. The molecule has 170 valence electrons. The Morgan fingerprint density at radius 1 is 1.15 bits per heavy atom. The molecule has 0 saturated carbocycles. The molecule has 4 rings (SSSR count). The summed E-state index contributed by atoms with van der Waals surface area (Å²) >= 11 is 0. The van der Waals surface area contributed by atoms with Gasteiger partial charge in [0.15, 0.2) is 5.78 Å². The lowest BCUT2D eigenvalue weighted by Crippen LogP contribution is -2.46. The number of aryl methyl sites for hydroxylation is 2. The van der Waals surface area contributed by atoms with Gasteiger partial charge in [0.2, 0.25) is 5.91 Å². The Morgan fingerprint density at radius 3 is 2.42 bits per heavy atom. The molecule has 0 radical (unpaired) electrons. The number of piperidine rings is 1. The van der Waals surface area contributed by atoms with Crippen molar-refractivity contribution < 1.29 is 14.7 Å². The summed E-state index contributed by atoms with van der Waals surface area (Å²) in [4.78, 5) is 32.1. The lowest BCUT2D eigenvalue weighted by Gasteiger charge is -2.43. The van der Waals surface area contributed by atoms with Gasteiger partial charge in [0.05, 0.1) is 12.0 Å². The topological polar surface area (TPSA) is 70.5 Å². The summed E-state index contributed by atoms with van der Waals surface area (Å²) in [6, 6.07) is 9.53. The quantitative estimate of drug-likeness (QED) is 0.708. The third-order valence-corrected chi connectivity index (χ3v) is 6.93. The smallest absolute Gasteiger partial charge is 0.228 e. The zero-order valence-electron chi connectivity index (χ0n) is 19.6. The summed E-state index contributed by atoms with van der Waals surface area (Å²) in [7, 11) is 0. The Morgan fingerprint density at radius 2 is 1.85 bits per heavy atom. The molecular formula is C28H30N2O3. The fraction of sp³-hybridized carbons (Fsp3) is 0.393.